The fourth-order valence-corrected chi connectivity index (χ4v) is 2.58. The van der Waals surface area contributed by atoms with E-state index >= 15 is 0 Å². The molecule has 1 aromatic carbocycles. The summed E-state index contributed by atoms with van der Waals surface area (Å²) < 4.78 is 39.0. The van der Waals surface area contributed by atoms with Crippen molar-refractivity contribution in [2.24, 2.45) is 11.8 Å². The molecule has 1 heterocycles. The molecule has 7 nitrogen and oxygen atoms in total. The van der Waals surface area contributed by atoms with Gasteiger partial charge in [0, 0.05) is 19.2 Å². The van der Waals surface area contributed by atoms with Gasteiger partial charge in [0.25, 0.3) is 5.69 Å². The van der Waals surface area contributed by atoms with Gasteiger partial charge in [-0.2, -0.15) is 18.4 Å². The van der Waals surface area contributed by atoms with Crippen molar-refractivity contribution < 1.29 is 28.0 Å². The Balaban J connectivity index is 2.45. The predicted octanol–water partition coefficient (Wildman–Crippen LogP) is 2.17. The largest absolute Gasteiger partial charge is 0.481 e. The summed E-state index contributed by atoms with van der Waals surface area (Å²) >= 11 is 0. The quantitative estimate of drug-likeness (QED) is 0.672. The second-order valence-corrected chi connectivity index (χ2v) is 5.07. The molecule has 0 bridgehead atoms. The number of nitrogens with zero attached hydrogens (tertiary/aromatic N) is 3. The van der Waals surface area contributed by atoms with Crippen LogP contribution >= 0.6 is 0 Å². The van der Waals surface area contributed by atoms with Gasteiger partial charge in [0.05, 0.1) is 28.4 Å². The SMILES string of the molecule is N#Cc1ccc([N+](=O)[O-])c(N2C[C@@H](C(F)(F)F)[C@H](C(=O)O)C2)c1. The van der Waals surface area contributed by atoms with Crippen molar-refractivity contribution in [3.05, 3.63) is 33.9 Å². The molecule has 0 spiro atoms. The summed E-state index contributed by atoms with van der Waals surface area (Å²) in [6.45, 7) is -1.23. The highest BCUT2D eigenvalue weighted by Gasteiger charge is 2.53. The number of alkyl halides is 3. The lowest BCUT2D eigenvalue weighted by molar-refractivity contribution is -0.384. The van der Waals surface area contributed by atoms with Gasteiger partial charge in [0.2, 0.25) is 0 Å². The average Bonchev–Trinajstić information content (AvgIpc) is 2.91. The summed E-state index contributed by atoms with van der Waals surface area (Å²) in [5, 5.41) is 28.9. The third kappa shape index (κ3) is 3.18. The second-order valence-electron chi connectivity index (χ2n) is 5.07. The maximum Gasteiger partial charge on any atom is 0.394 e. The number of benzene rings is 1. The summed E-state index contributed by atoms with van der Waals surface area (Å²) in [6.07, 6.45) is -4.74. The molecular formula is C13H10F3N3O4. The number of rotatable bonds is 3. The summed E-state index contributed by atoms with van der Waals surface area (Å²) in [5.74, 6) is -5.47. The van der Waals surface area contributed by atoms with E-state index in [4.69, 9.17) is 10.4 Å². The highest BCUT2D eigenvalue weighted by Crippen LogP contribution is 2.41. The lowest BCUT2D eigenvalue weighted by Gasteiger charge is -2.19. The first-order valence-electron chi connectivity index (χ1n) is 6.38. The normalized spacial score (nSPS) is 21.0. The van der Waals surface area contributed by atoms with Crippen LogP contribution in [0, 0.1) is 33.3 Å². The van der Waals surface area contributed by atoms with Crippen molar-refractivity contribution in [1.82, 2.24) is 0 Å². The molecule has 0 aliphatic carbocycles. The van der Waals surface area contributed by atoms with Gasteiger partial charge >= 0.3 is 12.1 Å². The van der Waals surface area contributed by atoms with Crippen molar-refractivity contribution in [1.29, 1.82) is 5.26 Å². The van der Waals surface area contributed by atoms with E-state index in [1.807, 2.05) is 0 Å². The monoisotopic (exact) mass is 329 g/mol. The number of nitro groups is 1. The zero-order valence-electron chi connectivity index (χ0n) is 11.4. The van der Waals surface area contributed by atoms with Crippen LogP contribution in [0.2, 0.25) is 0 Å². The third-order valence-electron chi connectivity index (χ3n) is 3.70. The van der Waals surface area contributed by atoms with E-state index in [9.17, 15) is 28.1 Å². The van der Waals surface area contributed by atoms with E-state index in [0.29, 0.717) is 0 Å². The number of hydrogen-bond donors (Lipinski definition) is 1. The number of carbonyl (C=O) groups is 1. The van der Waals surface area contributed by atoms with Crippen LogP contribution < -0.4 is 4.90 Å². The van der Waals surface area contributed by atoms with E-state index in [1.165, 1.54) is 6.07 Å². The molecule has 0 aromatic heterocycles. The predicted molar refractivity (Wildman–Crippen MR) is 70.7 cm³/mol. The minimum absolute atomic E-state index is 0.0351. The molecule has 2 atom stereocenters. The van der Waals surface area contributed by atoms with Crippen LogP contribution in [0.15, 0.2) is 18.2 Å². The maximum atomic E-state index is 13.0. The Labute approximate surface area is 127 Å². The van der Waals surface area contributed by atoms with Crippen LogP contribution in [0.5, 0.6) is 0 Å². The van der Waals surface area contributed by atoms with Crippen LogP contribution in [0.1, 0.15) is 5.56 Å². The van der Waals surface area contributed by atoms with Crippen LogP contribution in [-0.2, 0) is 4.79 Å². The number of anilines is 1. The van der Waals surface area contributed by atoms with Crippen molar-refractivity contribution in [2.45, 2.75) is 6.18 Å². The van der Waals surface area contributed by atoms with Gasteiger partial charge in [-0.1, -0.05) is 0 Å². The molecule has 1 aromatic rings. The fourth-order valence-electron chi connectivity index (χ4n) is 2.58. The smallest absolute Gasteiger partial charge is 0.394 e. The van der Waals surface area contributed by atoms with Crippen molar-refractivity contribution in [2.75, 3.05) is 18.0 Å². The molecule has 0 saturated carbocycles. The van der Waals surface area contributed by atoms with Crippen LogP contribution in [-0.4, -0.2) is 35.3 Å². The van der Waals surface area contributed by atoms with Gasteiger partial charge in [-0.05, 0) is 12.1 Å². The summed E-state index contributed by atoms with van der Waals surface area (Å²) in [7, 11) is 0. The van der Waals surface area contributed by atoms with Gasteiger partial charge in [0.15, 0.2) is 0 Å². The Bertz CT molecular complexity index is 699. The standard InChI is InChI=1S/C13H10F3N3O4/c14-13(15,16)9-6-18(5-8(9)12(20)21)11-3-7(4-17)1-2-10(11)19(22)23/h1-3,8-9H,5-6H2,(H,20,21)/t8-,9-/m1/s1. The molecule has 1 aliphatic rings. The third-order valence-corrected chi connectivity index (χ3v) is 3.70. The molecule has 10 heteroatoms. The Morgan fingerprint density at radius 2 is 2.09 bits per heavy atom. The number of nitro benzene ring substituents is 1. The first-order chi connectivity index (χ1) is 10.6. The first-order valence-corrected chi connectivity index (χ1v) is 6.38. The minimum Gasteiger partial charge on any atom is -0.481 e. The van der Waals surface area contributed by atoms with Crippen LogP contribution in [0.3, 0.4) is 0 Å². The molecule has 0 radical (unpaired) electrons. The summed E-state index contributed by atoms with van der Waals surface area (Å²) in [6, 6.07) is 5.03. The number of halogens is 3. The second kappa shape index (κ2) is 5.75. The van der Waals surface area contributed by atoms with Gasteiger partial charge in [-0.15, -0.1) is 0 Å². The number of aliphatic carboxylic acids is 1. The van der Waals surface area contributed by atoms with Crippen LogP contribution in [0.25, 0.3) is 0 Å². The number of nitriles is 1. The summed E-state index contributed by atoms with van der Waals surface area (Å²) in [5.41, 5.74) is -0.629. The molecule has 122 valence electrons. The van der Waals surface area contributed by atoms with E-state index in [2.05, 4.69) is 0 Å². The van der Waals surface area contributed by atoms with Gasteiger partial charge in [0.1, 0.15) is 5.69 Å². The molecule has 0 unspecified atom stereocenters. The van der Waals surface area contributed by atoms with Gasteiger partial charge in [-0.25, -0.2) is 0 Å². The summed E-state index contributed by atoms with van der Waals surface area (Å²) in [4.78, 5) is 22.3. The molecule has 2 rings (SSSR count). The van der Waals surface area contributed by atoms with Crippen molar-refractivity contribution >= 4 is 17.3 Å². The average molecular weight is 329 g/mol. The van der Waals surface area contributed by atoms with E-state index < -0.39 is 47.7 Å². The number of hydrogen-bond acceptors (Lipinski definition) is 5. The highest BCUT2D eigenvalue weighted by atomic mass is 19.4. The lowest BCUT2D eigenvalue weighted by Crippen LogP contribution is -2.33. The zero-order valence-corrected chi connectivity index (χ0v) is 11.4. The first kappa shape index (κ1) is 16.5. The molecule has 0 amide bonds. The molecule has 1 N–H and O–H groups in total. The van der Waals surface area contributed by atoms with Gasteiger partial charge in [-0.3, -0.25) is 14.9 Å². The molecule has 23 heavy (non-hydrogen) atoms. The number of carboxylic acid groups (broad SMARTS) is 1. The molecular weight excluding hydrogens is 319 g/mol. The Morgan fingerprint density at radius 1 is 1.43 bits per heavy atom. The Morgan fingerprint density at radius 3 is 2.52 bits per heavy atom. The number of carboxylic acids is 1. The molecule has 1 saturated heterocycles. The topological polar surface area (TPSA) is 107 Å². The molecule has 1 aliphatic heterocycles. The Kier molecular flexibility index (Phi) is 4.14. The van der Waals surface area contributed by atoms with Crippen LogP contribution in [0.4, 0.5) is 24.5 Å². The van der Waals surface area contributed by atoms with Crippen molar-refractivity contribution in [3.63, 3.8) is 0 Å². The van der Waals surface area contributed by atoms with E-state index in [0.717, 1.165) is 17.0 Å². The van der Waals surface area contributed by atoms with E-state index in [-0.39, 0.29) is 11.3 Å². The van der Waals surface area contributed by atoms with Crippen molar-refractivity contribution in [3.8, 4) is 6.07 Å². The molecule has 1 fully saturated rings. The van der Waals surface area contributed by atoms with E-state index in [1.54, 1.807) is 6.07 Å². The maximum absolute atomic E-state index is 13.0. The highest BCUT2D eigenvalue weighted by molar-refractivity contribution is 5.74. The lowest BCUT2D eigenvalue weighted by atomic mass is 9.96. The minimum atomic E-state index is -4.74. The Hall–Kier alpha value is -2.83. The zero-order chi connectivity index (χ0) is 17.4. The van der Waals surface area contributed by atoms with Gasteiger partial charge < -0.3 is 10.0 Å². The fraction of sp³-hybridized carbons (Fsp3) is 0.385.